The summed E-state index contributed by atoms with van der Waals surface area (Å²) in [5.41, 5.74) is 1.43. The van der Waals surface area contributed by atoms with Crippen molar-refractivity contribution in [3.8, 4) is 5.75 Å². The van der Waals surface area contributed by atoms with Gasteiger partial charge in [-0.05, 0) is 23.8 Å². The fourth-order valence-electron chi connectivity index (χ4n) is 2.40. The smallest absolute Gasteiger partial charge is 0.325 e. The van der Waals surface area contributed by atoms with Crippen LogP contribution in [0.15, 0.2) is 48.5 Å². The van der Waals surface area contributed by atoms with Gasteiger partial charge in [-0.25, -0.2) is 4.79 Å². The molecule has 0 radical (unpaired) electrons. The Kier molecular flexibility index (Phi) is 6.99. The van der Waals surface area contributed by atoms with Crippen LogP contribution < -0.4 is 20.7 Å². The van der Waals surface area contributed by atoms with Crippen molar-refractivity contribution in [1.82, 2.24) is 15.5 Å². The van der Waals surface area contributed by atoms with Crippen molar-refractivity contribution in [2.75, 3.05) is 17.7 Å². The first kappa shape index (κ1) is 20.6. The molecule has 0 unspecified atom stereocenters. The van der Waals surface area contributed by atoms with E-state index in [-0.39, 0.29) is 17.5 Å². The standard InChI is InChI=1S/C19H18ClN5O3S/c1-28-15-8-7-13(20)9-14(15)22-18(27)23-19-25-24-17(29-19)10-16(26)21-11-12-5-3-2-4-6-12/h2-9H,10-11H2,1H3,(H,21,26)(H2,22,23,25,27). The molecule has 3 aromatic rings. The SMILES string of the molecule is COc1ccc(Cl)cc1NC(=O)Nc1nnc(CC(=O)NCc2ccccc2)s1. The quantitative estimate of drug-likeness (QED) is 0.529. The highest BCUT2D eigenvalue weighted by molar-refractivity contribution is 7.15. The molecule has 3 amide bonds. The molecule has 3 N–H and O–H groups in total. The third-order valence-electron chi connectivity index (χ3n) is 3.74. The van der Waals surface area contributed by atoms with Crippen LogP contribution in [0.1, 0.15) is 10.6 Å². The first-order valence-electron chi connectivity index (χ1n) is 8.58. The van der Waals surface area contributed by atoms with E-state index < -0.39 is 6.03 Å². The normalized spacial score (nSPS) is 10.3. The molecule has 0 aliphatic heterocycles. The minimum absolute atomic E-state index is 0.0793. The van der Waals surface area contributed by atoms with Gasteiger partial charge in [-0.2, -0.15) is 0 Å². The fraction of sp³-hybridized carbons (Fsp3) is 0.158. The van der Waals surface area contributed by atoms with Gasteiger partial charge < -0.3 is 15.4 Å². The van der Waals surface area contributed by atoms with Crippen LogP contribution >= 0.6 is 22.9 Å². The first-order chi connectivity index (χ1) is 14.0. The number of hydrogen-bond acceptors (Lipinski definition) is 6. The Bertz CT molecular complexity index is 997. The second-order valence-corrected chi connectivity index (χ2v) is 7.36. The maximum absolute atomic E-state index is 12.2. The number of halogens is 1. The molecule has 1 heterocycles. The third kappa shape index (κ3) is 6.16. The highest BCUT2D eigenvalue weighted by Gasteiger charge is 2.13. The molecular formula is C19H18ClN5O3S. The number of carbonyl (C=O) groups excluding carboxylic acids is 2. The number of anilines is 2. The maximum Gasteiger partial charge on any atom is 0.325 e. The van der Waals surface area contributed by atoms with E-state index in [1.54, 1.807) is 18.2 Å². The first-order valence-corrected chi connectivity index (χ1v) is 9.77. The average Bonchev–Trinajstić information content (AvgIpc) is 3.14. The number of rotatable bonds is 7. The molecule has 3 rings (SSSR count). The van der Waals surface area contributed by atoms with E-state index in [2.05, 4.69) is 26.1 Å². The number of aromatic nitrogens is 2. The highest BCUT2D eigenvalue weighted by atomic mass is 35.5. The van der Waals surface area contributed by atoms with Crippen molar-refractivity contribution in [1.29, 1.82) is 0 Å². The largest absolute Gasteiger partial charge is 0.495 e. The second kappa shape index (κ2) is 9.85. The van der Waals surface area contributed by atoms with Crippen LogP contribution in [0.3, 0.4) is 0 Å². The Morgan fingerprint density at radius 1 is 1.10 bits per heavy atom. The molecule has 29 heavy (non-hydrogen) atoms. The van der Waals surface area contributed by atoms with Gasteiger partial charge in [0.05, 0.1) is 19.2 Å². The molecule has 0 aliphatic carbocycles. The Morgan fingerprint density at radius 2 is 1.90 bits per heavy atom. The van der Waals surface area contributed by atoms with Gasteiger partial charge in [0, 0.05) is 11.6 Å². The number of amides is 3. The van der Waals surface area contributed by atoms with Gasteiger partial charge in [0.15, 0.2) is 0 Å². The molecule has 0 fully saturated rings. The summed E-state index contributed by atoms with van der Waals surface area (Å²) in [5, 5.41) is 17.1. The van der Waals surface area contributed by atoms with E-state index in [0.717, 1.165) is 16.9 Å². The van der Waals surface area contributed by atoms with E-state index >= 15 is 0 Å². The minimum atomic E-state index is -0.526. The van der Waals surface area contributed by atoms with Crippen LogP contribution in [0.5, 0.6) is 5.75 Å². The number of benzene rings is 2. The zero-order chi connectivity index (χ0) is 20.6. The lowest BCUT2D eigenvalue weighted by molar-refractivity contribution is -0.120. The molecule has 0 bridgehead atoms. The van der Waals surface area contributed by atoms with Gasteiger partial charge in [-0.15, -0.1) is 10.2 Å². The fourth-order valence-corrected chi connectivity index (χ4v) is 3.31. The molecule has 1 aromatic heterocycles. The summed E-state index contributed by atoms with van der Waals surface area (Å²) >= 11 is 7.07. The minimum Gasteiger partial charge on any atom is -0.495 e. The number of ether oxygens (including phenoxy) is 1. The summed E-state index contributed by atoms with van der Waals surface area (Å²) in [6.07, 6.45) is 0.0793. The van der Waals surface area contributed by atoms with E-state index in [1.165, 1.54) is 7.11 Å². The number of hydrogen-bond donors (Lipinski definition) is 3. The van der Waals surface area contributed by atoms with Gasteiger partial charge in [-0.1, -0.05) is 53.3 Å². The summed E-state index contributed by atoms with van der Waals surface area (Å²) in [6, 6.07) is 14.0. The van der Waals surface area contributed by atoms with Crippen molar-refractivity contribution in [2.24, 2.45) is 0 Å². The van der Waals surface area contributed by atoms with Crippen molar-refractivity contribution in [2.45, 2.75) is 13.0 Å². The maximum atomic E-state index is 12.2. The molecule has 0 saturated carbocycles. The summed E-state index contributed by atoms with van der Waals surface area (Å²) in [7, 11) is 1.49. The zero-order valence-corrected chi connectivity index (χ0v) is 17.0. The van der Waals surface area contributed by atoms with E-state index in [9.17, 15) is 9.59 Å². The lowest BCUT2D eigenvalue weighted by Crippen LogP contribution is -2.24. The number of carbonyl (C=O) groups is 2. The summed E-state index contributed by atoms with van der Waals surface area (Å²) < 4.78 is 5.18. The molecule has 0 atom stereocenters. The molecule has 0 spiro atoms. The highest BCUT2D eigenvalue weighted by Crippen LogP contribution is 2.28. The van der Waals surface area contributed by atoms with Crippen LogP contribution in [0.2, 0.25) is 5.02 Å². The monoisotopic (exact) mass is 431 g/mol. The van der Waals surface area contributed by atoms with Crippen LogP contribution in [-0.4, -0.2) is 29.2 Å². The van der Waals surface area contributed by atoms with Gasteiger partial charge in [0.2, 0.25) is 11.0 Å². The molecular weight excluding hydrogens is 414 g/mol. The number of methoxy groups -OCH3 is 1. The topological polar surface area (TPSA) is 105 Å². The predicted octanol–water partition coefficient (Wildman–Crippen LogP) is 3.70. The van der Waals surface area contributed by atoms with E-state index in [0.29, 0.717) is 28.0 Å². The lowest BCUT2D eigenvalue weighted by atomic mass is 10.2. The molecule has 10 heteroatoms. The Hall–Kier alpha value is -3.17. The summed E-state index contributed by atoms with van der Waals surface area (Å²) in [6.45, 7) is 0.438. The van der Waals surface area contributed by atoms with Gasteiger partial charge in [0.1, 0.15) is 10.8 Å². The molecule has 0 saturated heterocycles. The number of nitrogens with zero attached hydrogens (tertiary/aromatic N) is 2. The van der Waals surface area contributed by atoms with E-state index in [1.807, 2.05) is 30.3 Å². The zero-order valence-electron chi connectivity index (χ0n) is 15.4. The summed E-state index contributed by atoms with van der Waals surface area (Å²) in [4.78, 5) is 24.3. The molecule has 8 nitrogen and oxygen atoms in total. The van der Waals surface area contributed by atoms with Crippen LogP contribution in [-0.2, 0) is 17.8 Å². The molecule has 2 aromatic carbocycles. The lowest BCUT2D eigenvalue weighted by Gasteiger charge is -2.10. The van der Waals surface area contributed by atoms with Gasteiger partial charge >= 0.3 is 6.03 Å². The summed E-state index contributed by atoms with van der Waals surface area (Å²) in [5.74, 6) is 0.294. The van der Waals surface area contributed by atoms with Crippen molar-refractivity contribution in [3.63, 3.8) is 0 Å². The average molecular weight is 432 g/mol. The number of urea groups is 1. The van der Waals surface area contributed by atoms with Crippen LogP contribution in [0.25, 0.3) is 0 Å². The van der Waals surface area contributed by atoms with Gasteiger partial charge in [0.25, 0.3) is 0 Å². The third-order valence-corrected chi connectivity index (χ3v) is 4.82. The van der Waals surface area contributed by atoms with Crippen LogP contribution in [0.4, 0.5) is 15.6 Å². The van der Waals surface area contributed by atoms with Gasteiger partial charge in [-0.3, -0.25) is 10.1 Å². The Morgan fingerprint density at radius 3 is 2.66 bits per heavy atom. The molecule has 0 aliphatic rings. The van der Waals surface area contributed by atoms with Crippen molar-refractivity contribution < 1.29 is 14.3 Å². The molecule has 150 valence electrons. The van der Waals surface area contributed by atoms with Crippen molar-refractivity contribution >= 4 is 45.7 Å². The predicted molar refractivity (Wildman–Crippen MR) is 113 cm³/mol. The second-order valence-electron chi connectivity index (χ2n) is 5.86. The Labute approximate surface area is 176 Å². The van der Waals surface area contributed by atoms with Crippen molar-refractivity contribution in [3.05, 3.63) is 64.1 Å². The number of nitrogens with one attached hydrogen (secondary N) is 3. The van der Waals surface area contributed by atoms with Crippen LogP contribution in [0, 0.1) is 0 Å². The Balaban J connectivity index is 1.51. The van der Waals surface area contributed by atoms with E-state index in [4.69, 9.17) is 16.3 Å².